The van der Waals surface area contributed by atoms with Crippen LogP contribution in [0.2, 0.25) is 0 Å². The number of halogens is 1. The number of piperidine rings is 1. The van der Waals surface area contributed by atoms with Crippen LogP contribution in [0.3, 0.4) is 0 Å². The summed E-state index contributed by atoms with van der Waals surface area (Å²) in [6, 6.07) is 7.99. The third-order valence-corrected chi connectivity index (χ3v) is 4.61. The van der Waals surface area contributed by atoms with E-state index >= 15 is 0 Å². The van der Waals surface area contributed by atoms with E-state index in [2.05, 4.69) is 0 Å². The van der Waals surface area contributed by atoms with E-state index in [9.17, 15) is 4.79 Å². The number of hydrogen-bond donors (Lipinski definition) is 1. The van der Waals surface area contributed by atoms with Crippen molar-refractivity contribution in [2.45, 2.75) is 32.7 Å². The Hall–Kier alpha value is -1.52. The summed E-state index contributed by atoms with van der Waals surface area (Å²) < 4.78 is 5.77. The zero-order valence-electron chi connectivity index (χ0n) is 13.0. The molecular formula is C17H23ClN2O2. The van der Waals surface area contributed by atoms with Crippen molar-refractivity contribution in [2.75, 3.05) is 13.1 Å². The van der Waals surface area contributed by atoms with Crippen molar-refractivity contribution in [1.82, 2.24) is 4.90 Å². The standard InChI is InChI=1S/C17H22N2O2.ClH/c1-11-14-5-3-4-6-15(14)21-16(11)17(20)19-9-7-13(8-10-19)12(2)18;/h3-6,12-13H,7-10,18H2,1-2H3;1H. The van der Waals surface area contributed by atoms with Crippen LogP contribution in [0.1, 0.15) is 35.9 Å². The predicted octanol–water partition coefficient (Wildman–Crippen LogP) is 3.36. The Balaban J connectivity index is 0.00000176. The van der Waals surface area contributed by atoms with E-state index in [1.165, 1.54) is 0 Å². The smallest absolute Gasteiger partial charge is 0.289 e. The van der Waals surface area contributed by atoms with E-state index in [0.29, 0.717) is 11.7 Å². The van der Waals surface area contributed by atoms with Crippen molar-refractivity contribution in [3.05, 3.63) is 35.6 Å². The van der Waals surface area contributed by atoms with Crippen molar-refractivity contribution in [3.63, 3.8) is 0 Å². The zero-order chi connectivity index (χ0) is 15.0. The predicted molar refractivity (Wildman–Crippen MR) is 90.5 cm³/mol. The van der Waals surface area contributed by atoms with Crippen molar-refractivity contribution in [3.8, 4) is 0 Å². The molecule has 1 amide bonds. The van der Waals surface area contributed by atoms with Gasteiger partial charge < -0.3 is 15.1 Å². The lowest BCUT2D eigenvalue weighted by Gasteiger charge is -2.33. The fourth-order valence-electron chi connectivity index (χ4n) is 3.15. The summed E-state index contributed by atoms with van der Waals surface area (Å²) in [5.74, 6) is 1.01. The first-order valence-corrected chi connectivity index (χ1v) is 7.61. The van der Waals surface area contributed by atoms with Crippen molar-refractivity contribution < 1.29 is 9.21 Å². The molecule has 0 aliphatic carbocycles. The number of likely N-dealkylation sites (tertiary alicyclic amines) is 1. The van der Waals surface area contributed by atoms with E-state index in [1.54, 1.807) is 0 Å². The second-order valence-electron chi connectivity index (χ2n) is 6.04. The number of aryl methyl sites for hydroxylation is 1. The number of carbonyl (C=O) groups is 1. The summed E-state index contributed by atoms with van der Waals surface area (Å²) in [5.41, 5.74) is 7.67. The second-order valence-corrected chi connectivity index (χ2v) is 6.04. The van der Waals surface area contributed by atoms with Gasteiger partial charge in [-0.2, -0.15) is 0 Å². The van der Waals surface area contributed by atoms with Gasteiger partial charge in [0.15, 0.2) is 5.76 Å². The van der Waals surface area contributed by atoms with Gasteiger partial charge in [-0.15, -0.1) is 12.4 Å². The number of carbonyl (C=O) groups excluding carboxylic acids is 1. The average molecular weight is 323 g/mol. The van der Waals surface area contributed by atoms with Crippen LogP contribution in [0.25, 0.3) is 11.0 Å². The molecule has 1 atom stereocenters. The van der Waals surface area contributed by atoms with Crippen LogP contribution in [0, 0.1) is 12.8 Å². The lowest BCUT2D eigenvalue weighted by atomic mass is 9.91. The molecule has 2 aromatic rings. The molecule has 1 saturated heterocycles. The Morgan fingerprint density at radius 3 is 2.55 bits per heavy atom. The van der Waals surface area contributed by atoms with Gasteiger partial charge in [-0.05, 0) is 38.7 Å². The third kappa shape index (κ3) is 2.99. The highest BCUT2D eigenvalue weighted by Crippen LogP contribution is 2.27. The number of nitrogens with zero attached hydrogens (tertiary/aromatic N) is 1. The summed E-state index contributed by atoms with van der Waals surface area (Å²) >= 11 is 0. The fraction of sp³-hybridized carbons (Fsp3) is 0.471. The van der Waals surface area contributed by atoms with Crippen molar-refractivity contribution in [2.24, 2.45) is 11.7 Å². The Labute approximate surface area is 137 Å². The van der Waals surface area contributed by atoms with Gasteiger partial charge in [0.1, 0.15) is 5.58 Å². The van der Waals surface area contributed by atoms with E-state index in [4.69, 9.17) is 10.2 Å². The molecule has 1 aromatic heterocycles. The Morgan fingerprint density at radius 2 is 1.95 bits per heavy atom. The molecule has 3 rings (SSSR count). The molecular weight excluding hydrogens is 300 g/mol. The molecule has 1 aliphatic heterocycles. The van der Waals surface area contributed by atoms with Crippen LogP contribution >= 0.6 is 12.4 Å². The molecule has 4 nitrogen and oxygen atoms in total. The normalized spacial score (nSPS) is 17.3. The highest BCUT2D eigenvalue weighted by molar-refractivity contribution is 5.98. The Morgan fingerprint density at radius 1 is 1.32 bits per heavy atom. The second kappa shape index (κ2) is 6.71. The minimum atomic E-state index is 0. The van der Waals surface area contributed by atoms with Gasteiger partial charge in [-0.1, -0.05) is 18.2 Å². The fourth-order valence-corrected chi connectivity index (χ4v) is 3.15. The molecule has 1 aliphatic rings. The van der Waals surface area contributed by atoms with Crippen molar-refractivity contribution in [1.29, 1.82) is 0 Å². The summed E-state index contributed by atoms with van der Waals surface area (Å²) in [6.07, 6.45) is 1.95. The first-order chi connectivity index (χ1) is 10.1. The van der Waals surface area contributed by atoms with Crippen molar-refractivity contribution >= 4 is 29.3 Å². The van der Waals surface area contributed by atoms with Gasteiger partial charge in [0.05, 0.1) is 0 Å². The molecule has 120 valence electrons. The Kier molecular flexibility index (Phi) is 5.14. The highest BCUT2D eigenvalue weighted by atomic mass is 35.5. The highest BCUT2D eigenvalue weighted by Gasteiger charge is 2.28. The number of nitrogens with two attached hydrogens (primary N) is 1. The van der Waals surface area contributed by atoms with E-state index in [1.807, 2.05) is 43.0 Å². The number of benzene rings is 1. The summed E-state index contributed by atoms with van der Waals surface area (Å²) in [6.45, 7) is 5.53. The topological polar surface area (TPSA) is 59.5 Å². The number of fused-ring (bicyclic) bond motifs is 1. The van der Waals surface area contributed by atoms with Crippen LogP contribution in [0.5, 0.6) is 0 Å². The molecule has 22 heavy (non-hydrogen) atoms. The molecule has 0 saturated carbocycles. The van der Waals surface area contributed by atoms with Gasteiger partial charge in [-0.25, -0.2) is 0 Å². The maximum absolute atomic E-state index is 12.7. The SMILES string of the molecule is Cc1c(C(=O)N2CCC(C(C)N)CC2)oc2ccccc12.Cl. The Bertz CT molecular complexity index is 658. The molecule has 5 heteroatoms. The van der Waals surface area contributed by atoms with E-state index in [0.717, 1.165) is 42.5 Å². The number of para-hydroxylation sites is 1. The monoisotopic (exact) mass is 322 g/mol. The van der Waals surface area contributed by atoms with Crippen LogP contribution in [-0.4, -0.2) is 29.9 Å². The third-order valence-electron chi connectivity index (χ3n) is 4.61. The molecule has 1 aromatic carbocycles. The minimum absolute atomic E-state index is 0. The number of furan rings is 1. The summed E-state index contributed by atoms with van der Waals surface area (Å²) in [7, 11) is 0. The summed E-state index contributed by atoms with van der Waals surface area (Å²) in [5, 5.41) is 1.02. The molecule has 0 bridgehead atoms. The molecule has 0 spiro atoms. The van der Waals surface area contributed by atoms with Gasteiger partial charge in [0.2, 0.25) is 0 Å². The van der Waals surface area contributed by atoms with Crippen LogP contribution in [0.4, 0.5) is 0 Å². The number of rotatable bonds is 2. The summed E-state index contributed by atoms with van der Waals surface area (Å²) in [4.78, 5) is 14.6. The number of hydrogen-bond acceptors (Lipinski definition) is 3. The largest absolute Gasteiger partial charge is 0.451 e. The lowest BCUT2D eigenvalue weighted by molar-refractivity contribution is 0.0650. The maximum atomic E-state index is 12.7. The van der Waals surface area contributed by atoms with E-state index < -0.39 is 0 Å². The average Bonchev–Trinajstić information content (AvgIpc) is 2.84. The van der Waals surface area contributed by atoms with Crippen LogP contribution in [-0.2, 0) is 0 Å². The van der Waals surface area contributed by atoms with Gasteiger partial charge >= 0.3 is 0 Å². The van der Waals surface area contributed by atoms with Gasteiger partial charge in [0.25, 0.3) is 5.91 Å². The van der Waals surface area contributed by atoms with Gasteiger partial charge in [0, 0.05) is 30.1 Å². The molecule has 1 unspecified atom stereocenters. The minimum Gasteiger partial charge on any atom is -0.451 e. The lowest BCUT2D eigenvalue weighted by Crippen LogP contribution is -2.42. The van der Waals surface area contributed by atoms with Gasteiger partial charge in [-0.3, -0.25) is 4.79 Å². The molecule has 1 fully saturated rings. The maximum Gasteiger partial charge on any atom is 0.289 e. The number of amides is 1. The first kappa shape index (κ1) is 16.8. The van der Waals surface area contributed by atoms with Crippen LogP contribution in [0.15, 0.2) is 28.7 Å². The van der Waals surface area contributed by atoms with Crippen LogP contribution < -0.4 is 5.73 Å². The quantitative estimate of drug-likeness (QED) is 0.922. The zero-order valence-corrected chi connectivity index (χ0v) is 13.9. The molecule has 0 radical (unpaired) electrons. The van der Waals surface area contributed by atoms with E-state index in [-0.39, 0.29) is 24.4 Å². The first-order valence-electron chi connectivity index (χ1n) is 7.61. The molecule has 2 heterocycles. The molecule has 2 N–H and O–H groups in total.